The van der Waals surface area contributed by atoms with Crippen molar-refractivity contribution in [2.24, 2.45) is 0 Å². The fourth-order valence-electron chi connectivity index (χ4n) is 3.28. The number of aryl methyl sites for hydroxylation is 2. The van der Waals surface area contributed by atoms with Gasteiger partial charge in [-0.25, -0.2) is 8.42 Å². The molecule has 7 heteroatoms. The predicted octanol–water partition coefficient (Wildman–Crippen LogP) is 4.09. The molecule has 0 saturated heterocycles. The van der Waals surface area contributed by atoms with Crippen LogP contribution in [0.1, 0.15) is 27.0 Å². The van der Waals surface area contributed by atoms with E-state index in [1.165, 1.54) is 0 Å². The maximum absolute atomic E-state index is 12.9. The van der Waals surface area contributed by atoms with E-state index in [0.717, 1.165) is 16.9 Å². The number of benzene rings is 3. The second kappa shape index (κ2) is 9.66. The van der Waals surface area contributed by atoms with Gasteiger partial charge in [0.15, 0.2) is 0 Å². The maximum atomic E-state index is 12.9. The van der Waals surface area contributed by atoms with Crippen LogP contribution in [0, 0.1) is 13.8 Å². The Hall–Kier alpha value is -3.32. The van der Waals surface area contributed by atoms with Crippen molar-refractivity contribution in [2.45, 2.75) is 25.2 Å². The molecule has 3 rings (SSSR count). The summed E-state index contributed by atoms with van der Waals surface area (Å²) in [6.45, 7) is 4.07. The molecule has 31 heavy (non-hydrogen) atoms. The Kier molecular flexibility index (Phi) is 6.97. The number of hydrogen-bond acceptors (Lipinski definition) is 4. The molecule has 0 saturated carbocycles. The van der Waals surface area contributed by atoms with Crippen molar-refractivity contribution < 1.29 is 17.9 Å². The van der Waals surface area contributed by atoms with E-state index in [0.29, 0.717) is 18.5 Å². The third kappa shape index (κ3) is 5.64. The minimum absolute atomic E-state index is 0.188. The molecule has 0 atom stereocenters. The van der Waals surface area contributed by atoms with Gasteiger partial charge in [0, 0.05) is 6.54 Å². The summed E-state index contributed by atoms with van der Waals surface area (Å²) < 4.78 is 33.5. The van der Waals surface area contributed by atoms with Gasteiger partial charge in [0.25, 0.3) is 15.9 Å². The van der Waals surface area contributed by atoms with Crippen molar-refractivity contribution in [2.75, 3.05) is 18.4 Å². The first-order valence-corrected chi connectivity index (χ1v) is 11.4. The Morgan fingerprint density at radius 3 is 2.35 bits per heavy atom. The summed E-state index contributed by atoms with van der Waals surface area (Å²) in [4.78, 5) is 12.9. The van der Waals surface area contributed by atoms with Crippen molar-refractivity contribution in [3.63, 3.8) is 0 Å². The highest BCUT2D eigenvalue weighted by Crippen LogP contribution is 2.23. The Morgan fingerprint density at radius 2 is 1.68 bits per heavy atom. The zero-order valence-corrected chi connectivity index (χ0v) is 18.6. The molecule has 0 radical (unpaired) electrons. The molecule has 2 N–H and O–H groups in total. The monoisotopic (exact) mass is 438 g/mol. The Morgan fingerprint density at radius 1 is 0.968 bits per heavy atom. The van der Waals surface area contributed by atoms with Gasteiger partial charge in [-0.3, -0.25) is 9.52 Å². The second-order valence-electron chi connectivity index (χ2n) is 7.27. The molecule has 0 spiro atoms. The summed E-state index contributed by atoms with van der Waals surface area (Å²) in [5.41, 5.74) is 3.20. The lowest BCUT2D eigenvalue weighted by molar-refractivity contribution is 0.0955. The van der Waals surface area contributed by atoms with E-state index in [-0.39, 0.29) is 22.1 Å². The summed E-state index contributed by atoms with van der Waals surface area (Å²) >= 11 is 0. The van der Waals surface area contributed by atoms with Crippen molar-refractivity contribution in [3.05, 3.63) is 89.0 Å². The number of amides is 1. The number of carbonyl (C=O) groups excluding carboxylic acids is 1. The smallest absolute Gasteiger partial charge is 0.262 e. The molecular weight excluding hydrogens is 412 g/mol. The van der Waals surface area contributed by atoms with Crippen LogP contribution >= 0.6 is 0 Å². The number of carbonyl (C=O) groups is 1. The number of anilines is 1. The van der Waals surface area contributed by atoms with Gasteiger partial charge in [0.05, 0.1) is 23.3 Å². The highest BCUT2D eigenvalue weighted by Gasteiger charge is 2.20. The lowest BCUT2D eigenvalue weighted by Gasteiger charge is -2.14. The largest absolute Gasteiger partial charge is 0.497 e. The van der Waals surface area contributed by atoms with Crippen molar-refractivity contribution in [1.82, 2.24) is 5.32 Å². The molecule has 3 aromatic carbocycles. The number of rotatable bonds is 8. The average molecular weight is 439 g/mol. The number of methoxy groups -OCH3 is 1. The molecule has 3 aromatic rings. The Labute approximate surface area is 183 Å². The third-order valence-corrected chi connectivity index (χ3v) is 6.42. The second-order valence-corrected chi connectivity index (χ2v) is 8.92. The number of para-hydroxylation sites is 1. The van der Waals surface area contributed by atoms with Gasteiger partial charge in [-0.1, -0.05) is 42.0 Å². The van der Waals surface area contributed by atoms with Gasteiger partial charge in [-0.05, 0) is 61.7 Å². The van der Waals surface area contributed by atoms with Crippen LogP contribution < -0.4 is 14.8 Å². The van der Waals surface area contributed by atoms with Crippen molar-refractivity contribution in [1.29, 1.82) is 0 Å². The Bertz CT molecular complexity index is 1170. The number of nitrogens with one attached hydrogen (secondary N) is 2. The SMILES string of the molecule is COc1ccc(CCNC(=O)c2ccccc2NS(=O)(=O)c2ccc(C)cc2C)cc1. The van der Waals surface area contributed by atoms with E-state index in [9.17, 15) is 13.2 Å². The van der Waals surface area contributed by atoms with E-state index >= 15 is 0 Å². The van der Waals surface area contributed by atoms with Crippen LogP contribution in [0.5, 0.6) is 5.75 Å². The Balaban J connectivity index is 1.71. The molecule has 0 aliphatic heterocycles. The van der Waals surface area contributed by atoms with Crippen LogP contribution in [0.2, 0.25) is 0 Å². The van der Waals surface area contributed by atoms with E-state index in [1.807, 2.05) is 37.3 Å². The first kappa shape index (κ1) is 22.4. The fourth-order valence-corrected chi connectivity index (χ4v) is 4.59. The van der Waals surface area contributed by atoms with Gasteiger partial charge in [0.1, 0.15) is 5.75 Å². The van der Waals surface area contributed by atoms with Gasteiger partial charge in [0.2, 0.25) is 0 Å². The summed E-state index contributed by atoms with van der Waals surface area (Å²) in [5.74, 6) is 0.435. The van der Waals surface area contributed by atoms with E-state index in [1.54, 1.807) is 50.4 Å². The minimum Gasteiger partial charge on any atom is -0.497 e. The van der Waals surface area contributed by atoms with Crippen LogP contribution in [0.3, 0.4) is 0 Å². The molecule has 0 bridgehead atoms. The topological polar surface area (TPSA) is 84.5 Å². The first-order valence-electron chi connectivity index (χ1n) is 9.90. The van der Waals surface area contributed by atoms with Gasteiger partial charge < -0.3 is 10.1 Å². The van der Waals surface area contributed by atoms with Crippen LogP contribution in [0.4, 0.5) is 5.69 Å². The zero-order chi connectivity index (χ0) is 22.4. The van der Waals surface area contributed by atoms with Crippen molar-refractivity contribution in [3.8, 4) is 5.75 Å². The summed E-state index contributed by atoms with van der Waals surface area (Å²) in [7, 11) is -2.22. The summed E-state index contributed by atoms with van der Waals surface area (Å²) in [6, 6.07) is 19.3. The number of ether oxygens (including phenoxy) is 1. The zero-order valence-electron chi connectivity index (χ0n) is 17.8. The first-order chi connectivity index (χ1) is 14.8. The van der Waals surface area contributed by atoms with Crippen LogP contribution in [-0.4, -0.2) is 28.0 Å². The third-order valence-electron chi connectivity index (χ3n) is 4.89. The van der Waals surface area contributed by atoms with Crippen molar-refractivity contribution >= 4 is 21.6 Å². The van der Waals surface area contributed by atoms with Gasteiger partial charge in [-0.2, -0.15) is 0 Å². The van der Waals surface area contributed by atoms with Crippen LogP contribution in [0.25, 0.3) is 0 Å². The van der Waals surface area contributed by atoms with Gasteiger partial charge in [-0.15, -0.1) is 0 Å². The molecule has 0 aliphatic rings. The minimum atomic E-state index is -3.83. The standard InChI is InChI=1S/C24H26N2O4S/c1-17-8-13-23(18(2)16-17)31(28,29)26-22-7-5-4-6-21(22)24(27)25-15-14-19-9-11-20(30-3)12-10-19/h4-13,16,26H,14-15H2,1-3H3,(H,25,27). The summed E-state index contributed by atoms with van der Waals surface area (Å²) in [6.07, 6.45) is 0.645. The molecule has 0 unspecified atom stereocenters. The molecule has 0 aromatic heterocycles. The molecule has 0 aliphatic carbocycles. The molecule has 6 nitrogen and oxygen atoms in total. The van der Waals surface area contributed by atoms with E-state index in [4.69, 9.17) is 4.74 Å². The highest BCUT2D eigenvalue weighted by molar-refractivity contribution is 7.92. The quantitative estimate of drug-likeness (QED) is 0.555. The highest BCUT2D eigenvalue weighted by atomic mass is 32.2. The maximum Gasteiger partial charge on any atom is 0.262 e. The molecule has 162 valence electrons. The van der Waals surface area contributed by atoms with E-state index in [2.05, 4.69) is 10.0 Å². The van der Waals surface area contributed by atoms with Gasteiger partial charge >= 0.3 is 0 Å². The lowest BCUT2D eigenvalue weighted by atomic mass is 10.1. The summed E-state index contributed by atoms with van der Waals surface area (Å²) in [5, 5.41) is 2.86. The van der Waals surface area contributed by atoms with E-state index < -0.39 is 10.0 Å². The molecule has 0 heterocycles. The molecular formula is C24H26N2O4S. The average Bonchev–Trinajstić information content (AvgIpc) is 2.74. The predicted molar refractivity (Wildman–Crippen MR) is 122 cm³/mol. The van der Waals surface area contributed by atoms with Crippen LogP contribution in [0.15, 0.2) is 71.6 Å². The lowest BCUT2D eigenvalue weighted by Crippen LogP contribution is -2.27. The van der Waals surface area contributed by atoms with Crippen LogP contribution in [-0.2, 0) is 16.4 Å². The fraction of sp³-hybridized carbons (Fsp3) is 0.208. The normalized spacial score (nSPS) is 11.1. The molecule has 1 amide bonds. The number of sulfonamides is 1. The molecule has 0 fully saturated rings. The number of hydrogen-bond donors (Lipinski definition) is 2.